The number of fused-ring (bicyclic) bond motifs is 1. The van der Waals surface area contributed by atoms with Crippen LogP contribution in [0.5, 0.6) is 11.5 Å². The van der Waals surface area contributed by atoms with Crippen LogP contribution in [0.2, 0.25) is 0 Å². The van der Waals surface area contributed by atoms with Crippen LogP contribution in [0.3, 0.4) is 0 Å². The second-order valence-corrected chi connectivity index (χ2v) is 7.92. The standard InChI is InChI=1S/C21H21N3O5S/c1-23(11-15-4-7-17-18(10-15)29-9-8-28-17)20(26)22-16-5-2-14(3-6-16)12-24-19(25)13-30-21(24)27/h2-7,10H,8-9,11-13H2,1H3,(H,22,26). The van der Waals surface area contributed by atoms with Crippen molar-refractivity contribution >= 4 is 34.6 Å². The quantitative estimate of drug-likeness (QED) is 0.788. The number of imide groups is 1. The fourth-order valence-corrected chi connectivity index (χ4v) is 3.89. The third-order valence-electron chi connectivity index (χ3n) is 4.76. The number of ether oxygens (including phenoxy) is 2. The predicted octanol–water partition coefficient (Wildman–Crippen LogP) is 3.32. The number of carbonyl (C=O) groups excluding carboxylic acids is 3. The van der Waals surface area contributed by atoms with Crippen LogP contribution in [0, 0.1) is 0 Å². The molecule has 2 aromatic carbocycles. The second-order valence-electron chi connectivity index (χ2n) is 7.00. The van der Waals surface area contributed by atoms with Gasteiger partial charge in [-0.2, -0.15) is 0 Å². The fraction of sp³-hybridized carbons (Fsp3) is 0.286. The number of hydrogen-bond acceptors (Lipinski definition) is 6. The van der Waals surface area contributed by atoms with E-state index in [1.807, 2.05) is 18.2 Å². The van der Waals surface area contributed by atoms with Crippen LogP contribution in [-0.2, 0) is 17.9 Å². The van der Waals surface area contributed by atoms with Gasteiger partial charge in [-0.15, -0.1) is 0 Å². The Morgan fingerprint density at radius 3 is 2.47 bits per heavy atom. The normalized spacial score (nSPS) is 15.3. The lowest BCUT2D eigenvalue weighted by Gasteiger charge is -2.21. The molecule has 1 saturated heterocycles. The number of urea groups is 1. The average Bonchev–Trinajstić information content (AvgIpc) is 3.07. The highest BCUT2D eigenvalue weighted by Gasteiger charge is 2.29. The molecule has 9 heteroatoms. The van der Waals surface area contributed by atoms with Gasteiger partial charge >= 0.3 is 6.03 Å². The van der Waals surface area contributed by atoms with E-state index in [-0.39, 0.29) is 29.5 Å². The van der Waals surface area contributed by atoms with Gasteiger partial charge in [-0.05, 0) is 35.4 Å². The summed E-state index contributed by atoms with van der Waals surface area (Å²) < 4.78 is 11.1. The molecule has 0 atom stereocenters. The van der Waals surface area contributed by atoms with Crippen LogP contribution in [0.25, 0.3) is 0 Å². The summed E-state index contributed by atoms with van der Waals surface area (Å²) >= 11 is 1.02. The molecule has 4 rings (SSSR count). The molecular weight excluding hydrogens is 406 g/mol. The Morgan fingerprint density at radius 2 is 1.77 bits per heavy atom. The first-order chi connectivity index (χ1) is 14.5. The number of thioether (sulfide) groups is 1. The smallest absolute Gasteiger partial charge is 0.321 e. The largest absolute Gasteiger partial charge is 0.486 e. The molecule has 0 unspecified atom stereocenters. The maximum Gasteiger partial charge on any atom is 0.321 e. The molecule has 8 nitrogen and oxygen atoms in total. The highest BCUT2D eigenvalue weighted by Crippen LogP contribution is 2.31. The van der Waals surface area contributed by atoms with Crippen molar-refractivity contribution in [2.45, 2.75) is 13.1 Å². The highest BCUT2D eigenvalue weighted by molar-refractivity contribution is 8.14. The van der Waals surface area contributed by atoms with E-state index in [0.29, 0.717) is 36.9 Å². The van der Waals surface area contributed by atoms with Crippen molar-refractivity contribution in [1.29, 1.82) is 0 Å². The summed E-state index contributed by atoms with van der Waals surface area (Å²) in [5, 5.41) is 2.62. The number of rotatable bonds is 5. The van der Waals surface area contributed by atoms with Crippen LogP contribution in [-0.4, -0.2) is 53.0 Å². The maximum atomic E-state index is 12.5. The Kier molecular flexibility index (Phi) is 5.80. The first kappa shape index (κ1) is 20.1. The third kappa shape index (κ3) is 4.51. The van der Waals surface area contributed by atoms with Gasteiger partial charge in [0.2, 0.25) is 5.91 Å². The van der Waals surface area contributed by atoms with E-state index in [1.165, 1.54) is 4.90 Å². The number of anilines is 1. The van der Waals surface area contributed by atoms with Gasteiger partial charge in [-0.25, -0.2) is 4.79 Å². The third-order valence-corrected chi connectivity index (χ3v) is 5.62. The summed E-state index contributed by atoms with van der Waals surface area (Å²) in [5.74, 6) is 1.43. The highest BCUT2D eigenvalue weighted by atomic mass is 32.2. The summed E-state index contributed by atoms with van der Waals surface area (Å²) in [5.41, 5.74) is 2.39. The zero-order valence-corrected chi connectivity index (χ0v) is 17.2. The van der Waals surface area contributed by atoms with Gasteiger partial charge in [0, 0.05) is 19.3 Å². The van der Waals surface area contributed by atoms with Crippen molar-refractivity contribution in [2.24, 2.45) is 0 Å². The van der Waals surface area contributed by atoms with E-state index in [0.717, 1.165) is 22.9 Å². The van der Waals surface area contributed by atoms with E-state index in [1.54, 1.807) is 36.2 Å². The molecule has 1 N–H and O–H groups in total. The number of carbonyl (C=O) groups is 3. The average molecular weight is 427 g/mol. The van der Waals surface area contributed by atoms with Crippen LogP contribution in [0.15, 0.2) is 42.5 Å². The molecule has 0 spiro atoms. The van der Waals surface area contributed by atoms with Crippen molar-refractivity contribution < 1.29 is 23.9 Å². The molecular formula is C21H21N3O5S. The molecule has 2 heterocycles. The lowest BCUT2D eigenvalue weighted by molar-refractivity contribution is -0.125. The predicted molar refractivity (Wildman–Crippen MR) is 113 cm³/mol. The molecule has 2 aliphatic heterocycles. The molecule has 156 valence electrons. The first-order valence-corrected chi connectivity index (χ1v) is 10.4. The lowest BCUT2D eigenvalue weighted by atomic mass is 10.2. The minimum absolute atomic E-state index is 0.178. The van der Waals surface area contributed by atoms with Crippen molar-refractivity contribution in [2.75, 3.05) is 31.3 Å². The number of nitrogens with zero attached hydrogens (tertiary/aromatic N) is 2. The maximum absolute atomic E-state index is 12.5. The number of amides is 4. The van der Waals surface area contributed by atoms with E-state index >= 15 is 0 Å². The summed E-state index contributed by atoms with van der Waals surface area (Å²) in [6.07, 6.45) is 0. The van der Waals surface area contributed by atoms with E-state index in [4.69, 9.17) is 9.47 Å². The molecule has 1 fully saturated rings. The Labute approximate surface area is 178 Å². The number of benzene rings is 2. The summed E-state index contributed by atoms with van der Waals surface area (Å²) in [6, 6.07) is 12.5. The number of hydrogen-bond donors (Lipinski definition) is 1. The molecule has 0 radical (unpaired) electrons. The molecule has 2 aromatic rings. The van der Waals surface area contributed by atoms with Gasteiger partial charge in [0.15, 0.2) is 11.5 Å². The second kappa shape index (κ2) is 8.66. The lowest BCUT2D eigenvalue weighted by Crippen LogP contribution is -2.31. The van der Waals surface area contributed by atoms with Gasteiger partial charge in [0.1, 0.15) is 13.2 Å². The fourth-order valence-electron chi connectivity index (χ4n) is 3.16. The minimum Gasteiger partial charge on any atom is -0.486 e. The molecule has 2 aliphatic rings. The van der Waals surface area contributed by atoms with Crippen molar-refractivity contribution in [1.82, 2.24) is 9.80 Å². The van der Waals surface area contributed by atoms with Crippen LogP contribution < -0.4 is 14.8 Å². The molecule has 4 amide bonds. The monoisotopic (exact) mass is 427 g/mol. The Bertz CT molecular complexity index is 963. The topological polar surface area (TPSA) is 88.2 Å². The molecule has 0 aliphatic carbocycles. The Morgan fingerprint density at radius 1 is 1.07 bits per heavy atom. The van der Waals surface area contributed by atoms with Gasteiger partial charge < -0.3 is 19.7 Å². The molecule has 30 heavy (non-hydrogen) atoms. The first-order valence-electron chi connectivity index (χ1n) is 9.46. The van der Waals surface area contributed by atoms with Gasteiger partial charge in [0.25, 0.3) is 5.24 Å². The van der Waals surface area contributed by atoms with Gasteiger partial charge in [0.05, 0.1) is 12.3 Å². The summed E-state index contributed by atoms with van der Waals surface area (Å²) in [7, 11) is 1.71. The Balaban J connectivity index is 1.33. The zero-order valence-electron chi connectivity index (χ0n) is 16.4. The van der Waals surface area contributed by atoms with E-state index in [2.05, 4.69) is 5.32 Å². The van der Waals surface area contributed by atoms with E-state index in [9.17, 15) is 14.4 Å². The molecule has 0 aromatic heterocycles. The SMILES string of the molecule is CN(Cc1ccc2c(c1)OCCO2)C(=O)Nc1ccc(CN2C(=O)CSC2=O)cc1. The van der Waals surface area contributed by atoms with Crippen molar-refractivity contribution in [3.8, 4) is 11.5 Å². The summed E-state index contributed by atoms with van der Waals surface area (Å²) in [4.78, 5) is 38.7. The summed E-state index contributed by atoms with van der Waals surface area (Å²) in [6.45, 7) is 1.71. The van der Waals surface area contributed by atoms with Crippen LogP contribution in [0.1, 0.15) is 11.1 Å². The zero-order chi connectivity index (χ0) is 21.1. The van der Waals surface area contributed by atoms with Crippen molar-refractivity contribution in [3.05, 3.63) is 53.6 Å². The Hall–Kier alpha value is -3.20. The van der Waals surface area contributed by atoms with Crippen LogP contribution in [0.4, 0.5) is 15.3 Å². The van der Waals surface area contributed by atoms with Gasteiger partial charge in [-0.1, -0.05) is 30.0 Å². The van der Waals surface area contributed by atoms with Crippen LogP contribution >= 0.6 is 11.8 Å². The molecule has 0 saturated carbocycles. The van der Waals surface area contributed by atoms with E-state index < -0.39 is 0 Å². The molecule has 0 bridgehead atoms. The van der Waals surface area contributed by atoms with Gasteiger partial charge in [-0.3, -0.25) is 14.5 Å². The van der Waals surface area contributed by atoms with Crippen molar-refractivity contribution in [3.63, 3.8) is 0 Å². The number of nitrogens with one attached hydrogen (secondary N) is 1. The minimum atomic E-state index is -0.251.